The molecule has 1 atom stereocenters. The Morgan fingerprint density at radius 3 is 2.77 bits per heavy atom. The molecule has 0 saturated carbocycles. The Morgan fingerprint density at radius 2 is 1.97 bits per heavy atom. The number of likely N-dealkylation sites (tertiary alicyclic amines) is 1. The van der Waals surface area contributed by atoms with Crippen molar-refractivity contribution < 1.29 is 18.0 Å². The second-order valence-electron chi connectivity index (χ2n) is 8.53. The van der Waals surface area contributed by atoms with Crippen molar-refractivity contribution in [2.75, 3.05) is 23.7 Å². The Hall–Kier alpha value is -3.86. The maximum Gasteiger partial charge on any atom is 0.391 e. The number of nitrogens with one attached hydrogen (secondary N) is 3. The van der Waals surface area contributed by atoms with Gasteiger partial charge in [-0.15, -0.1) is 0 Å². The van der Waals surface area contributed by atoms with Crippen LogP contribution in [-0.2, 0) is 0 Å². The number of benzene rings is 1. The molecule has 1 aromatic carbocycles. The summed E-state index contributed by atoms with van der Waals surface area (Å²) >= 11 is 0. The highest BCUT2D eigenvalue weighted by atomic mass is 19.4. The van der Waals surface area contributed by atoms with Crippen molar-refractivity contribution >= 4 is 34.1 Å². The van der Waals surface area contributed by atoms with Crippen molar-refractivity contribution in [2.24, 2.45) is 5.92 Å². The number of carbonyl (C=O) groups excluding carboxylic acids is 1. The molecule has 2 aromatic heterocycles. The number of aromatic amines is 1. The zero-order chi connectivity index (χ0) is 24.4. The van der Waals surface area contributed by atoms with Gasteiger partial charge in [0.2, 0.25) is 0 Å². The molecular weight excluding hydrogens is 459 g/mol. The first kappa shape index (κ1) is 22.9. The average molecular weight is 483 g/mol. The van der Waals surface area contributed by atoms with Gasteiger partial charge in [-0.05, 0) is 55.3 Å². The summed E-state index contributed by atoms with van der Waals surface area (Å²) in [6, 6.07) is 8.73. The molecule has 0 radical (unpaired) electrons. The molecule has 1 saturated heterocycles. The third-order valence-electron chi connectivity index (χ3n) is 6.28. The van der Waals surface area contributed by atoms with E-state index in [1.807, 2.05) is 29.2 Å². The number of fused-ring (bicyclic) bond motifs is 1. The van der Waals surface area contributed by atoms with Gasteiger partial charge < -0.3 is 10.6 Å². The van der Waals surface area contributed by atoms with Crippen molar-refractivity contribution in [3.05, 3.63) is 67.2 Å². The minimum Gasteiger partial charge on any atom is -0.338 e. The SMILES string of the molecule is O=C(Nc1cccnc1Nc1ccc2cn[nH]c2c1)N1C=CC=CC1N1CCC(C(F)(F)F)CC1. The molecule has 0 aliphatic carbocycles. The smallest absolute Gasteiger partial charge is 0.338 e. The number of hydrogen-bond acceptors (Lipinski definition) is 5. The second-order valence-corrected chi connectivity index (χ2v) is 8.53. The van der Waals surface area contributed by atoms with Gasteiger partial charge in [0.15, 0.2) is 5.82 Å². The number of nitrogens with zero attached hydrogens (tertiary/aromatic N) is 4. The van der Waals surface area contributed by atoms with E-state index < -0.39 is 24.3 Å². The molecular formula is C24H24F3N7O. The predicted octanol–water partition coefficient (Wildman–Crippen LogP) is 5.22. The number of anilines is 3. The maximum atomic E-state index is 13.2. The third-order valence-corrected chi connectivity index (χ3v) is 6.28. The van der Waals surface area contributed by atoms with Crippen molar-refractivity contribution in [3.8, 4) is 0 Å². The van der Waals surface area contributed by atoms with Gasteiger partial charge in [0.1, 0.15) is 6.17 Å². The number of carbonyl (C=O) groups is 1. The number of rotatable bonds is 4. The maximum absolute atomic E-state index is 13.2. The van der Waals surface area contributed by atoms with E-state index in [-0.39, 0.29) is 25.9 Å². The van der Waals surface area contributed by atoms with Crippen LogP contribution in [0.5, 0.6) is 0 Å². The first-order valence-corrected chi connectivity index (χ1v) is 11.3. The Morgan fingerprint density at radius 1 is 1.14 bits per heavy atom. The minimum absolute atomic E-state index is 0.0182. The van der Waals surface area contributed by atoms with Gasteiger partial charge >= 0.3 is 12.2 Å². The topological polar surface area (TPSA) is 89.2 Å². The Kier molecular flexibility index (Phi) is 6.16. The van der Waals surface area contributed by atoms with Crippen LogP contribution in [0.2, 0.25) is 0 Å². The highest BCUT2D eigenvalue weighted by molar-refractivity contribution is 5.94. The fourth-order valence-corrected chi connectivity index (χ4v) is 4.40. The lowest BCUT2D eigenvalue weighted by Gasteiger charge is -2.41. The Balaban J connectivity index is 1.29. The molecule has 5 rings (SSSR count). The number of H-pyrrole nitrogens is 1. The molecule has 2 aliphatic heterocycles. The first-order chi connectivity index (χ1) is 16.9. The molecule has 8 nitrogen and oxygen atoms in total. The molecule has 3 aromatic rings. The summed E-state index contributed by atoms with van der Waals surface area (Å²) in [5.41, 5.74) is 2.10. The van der Waals surface area contributed by atoms with Gasteiger partial charge in [0, 0.05) is 36.6 Å². The molecule has 2 aliphatic rings. The molecule has 3 N–H and O–H groups in total. The molecule has 1 fully saturated rings. The van der Waals surface area contributed by atoms with Crippen LogP contribution < -0.4 is 10.6 Å². The summed E-state index contributed by atoms with van der Waals surface area (Å²) in [4.78, 5) is 21.0. The summed E-state index contributed by atoms with van der Waals surface area (Å²) in [5.74, 6) is -0.840. The summed E-state index contributed by atoms with van der Waals surface area (Å²) in [5, 5.41) is 14.0. The number of alkyl halides is 3. The second kappa shape index (κ2) is 9.41. The van der Waals surface area contributed by atoms with Crippen LogP contribution in [0, 0.1) is 5.92 Å². The van der Waals surface area contributed by atoms with Gasteiger partial charge in [-0.25, -0.2) is 9.78 Å². The number of amides is 2. The van der Waals surface area contributed by atoms with Crippen LogP contribution in [0.3, 0.4) is 0 Å². The van der Waals surface area contributed by atoms with E-state index in [4.69, 9.17) is 0 Å². The van der Waals surface area contributed by atoms with Crippen molar-refractivity contribution in [3.63, 3.8) is 0 Å². The zero-order valence-electron chi connectivity index (χ0n) is 18.7. The lowest BCUT2D eigenvalue weighted by Crippen LogP contribution is -2.52. The Labute approximate surface area is 199 Å². The van der Waals surface area contributed by atoms with Crippen LogP contribution in [0.1, 0.15) is 12.8 Å². The number of piperidine rings is 1. The van der Waals surface area contributed by atoms with E-state index in [9.17, 15) is 18.0 Å². The zero-order valence-corrected chi connectivity index (χ0v) is 18.7. The number of allylic oxidation sites excluding steroid dienone is 2. The van der Waals surface area contributed by atoms with Crippen LogP contribution in [-0.4, -0.2) is 56.4 Å². The average Bonchev–Trinajstić information content (AvgIpc) is 3.33. The highest BCUT2D eigenvalue weighted by Crippen LogP contribution is 2.35. The van der Waals surface area contributed by atoms with Gasteiger partial charge in [0.05, 0.1) is 23.3 Å². The molecule has 35 heavy (non-hydrogen) atoms. The predicted molar refractivity (Wildman–Crippen MR) is 127 cm³/mol. The van der Waals surface area contributed by atoms with Crippen LogP contribution in [0.15, 0.2) is 67.2 Å². The van der Waals surface area contributed by atoms with Crippen LogP contribution >= 0.6 is 0 Å². The molecule has 11 heteroatoms. The number of halogens is 3. The van der Waals surface area contributed by atoms with E-state index in [0.29, 0.717) is 11.5 Å². The van der Waals surface area contributed by atoms with Crippen molar-refractivity contribution in [1.29, 1.82) is 0 Å². The number of urea groups is 1. The molecule has 4 heterocycles. The number of pyridine rings is 1. The molecule has 182 valence electrons. The summed E-state index contributed by atoms with van der Waals surface area (Å²) in [6.07, 6.45) is 5.70. The van der Waals surface area contributed by atoms with Gasteiger partial charge in [-0.1, -0.05) is 6.08 Å². The van der Waals surface area contributed by atoms with Crippen molar-refractivity contribution in [2.45, 2.75) is 25.2 Å². The standard InChI is InChI=1S/C24H24F3N7O/c25-24(26,27)17-8-12-33(13-9-17)21-5-1-2-11-34(21)23(35)31-19-4-3-10-28-22(19)30-18-7-6-16-15-29-32-20(16)14-18/h1-7,10-11,14-15,17,21H,8-9,12-13H2,(H,28,30)(H,29,32)(H,31,35). The lowest BCUT2D eigenvalue weighted by atomic mass is 9.95. The fourth-order valence-electron chi connectivity index (χ4n) is 4.40. The monoisotopic (exact) mass is 483 g/mol. The normalized spacial score (nSPS) is 19.3. The summed E-state index contributed by atoms with van der Waals surface area (Å²) < 4.78 is 39.2. The van der Waals surface area contributed by atoms with Crippen LogP contribution in [0.4, 0.5) is 35.2 Å². The third kappa shape index (κ3) is 4.99. The minimum atomic E-state index is -4.18. The Bertz CT molecular complexity index is 1260. The van der Waals surface area contributed by atoms with Gasteiger partial charge in [-0.3, -0.25) is 14.9 Å². The number of hydrogen-bond donors (Lipinski definition) is 3. The van der Waals surface area contributed by atoms with E-state index >= 15 is 0 Å². The lowest BCUT2D eigenvalue weighted by molar-refractivity contribution is -0.186. The van der Waals surface area contributed by atoms with Gasteiger partial charge in [-0.2, -0.15) is 18.3 Å². The van der Waals surface area contributed by atoms with Crippen LogP contribution in [0.25, 0.3) is 10.9 Å². The highest BCUT2D eigenvalue weighted by Gasteiger charge is 2.42. The quantitative estimate of drug-likeness (QED) is 0.474. The molecule has 0 spiro atoms. The van der Waals surface area contributed by atoms with Crippen molar-refractivity contribution in [1.82, 2.24) is 25.0 Å². The first-order valence-electron chi connectivity index (χ1n) is 11.3. The van der Waals surface area contributed by atoms with E-state index in [0.717, 1.165) is 16.6 Å². The van der Waals surface area contributed by atoms with E-state index in [1.165, 1.54) is 4.90 Å². The van der Waals surface area contributed by atoms with E-state index in [2.05, 4.69) is 25.8 Å². The summed E-state index contributed by atoms with van der Waals surface area (Å²) in [6.45, 7) is 0.513. The number of aromatic nitrogens is 3. The largest absolute Gasteiger partial charge is 0.391 e. The van der Waals surface area contributed by atoms with Gasteiger partial charge in [0.25, 0.3) is 0 Å². The van der Waals surface area contributed by atoms with E-state index in [1.54, 1.807) is 42.9 Å². The summed E-state index contributed by atoms with van der Waals surface area (Å²) in [7, 11) is 0. The molecule has 1 unspecified atom stereocenters. The fraction of sp³-hybridized carbons (Fsp3) is 0.292. The molecule has 2 amide bonds. The molecule has 0 bridgehead atoms.